The molecule has 0 N–H and O–H groups in total. The van der Waals surface area contributed by atoms with Gasteiger partial charge in [0.05, 0.1) is 10.2 Å². The second kappa shape index (κ2) is 4.36. The van der Waals surface area contributed by atoms with Gasteiger partial charge in [-0.05, 0) is 22.0 Å². The maximum atomic E-state index is 4.38. The highest BCUT2D eigenvalue weighted by molar-refractivity contribution is 9.10. The van der Waals surface area contributed by atoms with E-state index in [1.807, 2.05) is 30.3 Å². The van der Waals surface area contributed by atoms with Crippen LogP contribution in [-0.2, 0) is 0 Å². The van der Waals surface area contributed by atoms with Crippen LogP contribution in [0.4, 0.5) is 0 Å². The third kappa shape index (κ3) is 2.13. The number of hydrogen-bond donors (Lipinski definition) is 0. The van der Waals surface area contributed by atoms with Crippen LogP contribution in [0.3, 0.4) is 0 Å². The van der Waals surface area contributed by atoms with Crippen LogP contribution in [0.5, 0.6) is 0 Å². The fraction of sp³-hybridized carbons (Fsp3) is 0. The van der Waals surface area contributed by atoms with Gasteiger partial charge in [0.2, 0.25) is 0 Å². The number of hydrogen-bond acceptors (Lipinski definition) is 2. The van der Waals surface area contributed by atoms with Gasteiger partial charge in [0.15, 0.2) is 5.82 Å². The summed E-state index contributed by atoms with van der Waals surface area (Å²) in [6, 6.07) is 9.97. The molecule has 0 aliphatic carbocycles. The van der Waals surface area contributed by atoms with Crippen LogP contribution >= 0.6 is 15.9 Å². The smallest absolute Gasteiger partial charge is 0.151 e. The molecule has 0 aliphatic rings. The molecular weight excluding hydrogens is 252 g/mol. The van der Waals surface area contributed by atoms with E-state index in [0.29, 0.717) is 5.82 Å². The maximum absolute atomic E-state index is 4.38. The third-order valence-corrected chi connectivity index (χ3v) is 2.57. The summed E-state index contributed by atoms with van der Waals surface area (Å²) in [5, 5.41) is 0. The predicted octanol–water partition coefficient (Wildman–Crippen LogP) is 3.55. The Bertz CT molecular complexity index is 480. The molecule has 0 fully saturated rings. The summed E-state index contributed by atoms with van der Waals surface area (Å²) in [4.78, 5) is 8.49. The van der Waals surface area contributed by atoms with Gasteiger partial charge in [0.25, 0.3) is 0 Å². The van der Waals surface area contributed by atoms with Gasteiger partial charge in [-0.25, -0.2) is 9.97 Å². The predicted molar refractivity (Wildman–Crippen MR) is 65.3 cm³/mol. The minimum absolute atomic E-state index is 0.636. The van der Waals surface area contributed by atoms with Crippen molar-refractivity contribution in [3.8, 4) is 11.3 Å². The lowest BCUT2D eigenvalue weighted by molar-refractivity contribution is 1.13. The normalized spacial score (nSPS) is 9.93. The van der Waals surface area contributed by atoms with Gasteiger partial charge in [-0.1, -0.05) is 36.9 Å². The van der Waals surface area contributed by atoms with Gasteiger partial charge in [-0.2, -0.15) is 0 Å². The molecule has 15 heavy (non-hydrogen) atoms. The molecule has 2 nitrogen and oxygen atoms in total. The van der Waals surface area contributed by atoms with E-state index in [1.165, 1.54) is 0 Å². The summed E-state index contributed by atoms with van der Waals surface area (Å²) in [5.41, 5.74) is 1.95. The van der Waals surface area contributed by atoms with E-state index >= 15 is 0 Å². The summed E-state index contributed by atoms with van der Waals surface area (Å²) in [5.74, 6) is 0.636. The molecule has 1 aromatic heterocycles. The Balaban J connectivity index is 2.57. The van der Waals surface area contributed by atoms with Crippen LogP contribution in [0.2, 0.25) is 0 Å². The zero-order valence-corrected chi connectivity index (χ0v) is 9.61. The van der Waals surface area contributed by atoms with Crippen molar-refractivity contribution in [3.05, 3.63) is 53.4 Å². The molecule has 74 valence electrons. The van der Waals surface area contributed by atoms with Crippen LogP contribution in [0, 0.1) is 0 Å². The Hall–Kier alpha value is -1.48. The molecule has 0 unspecified atom stereocenters. The van der Waals surface area contributed by atoms with Gasteiger partial charge in [0.1, 0.15) is 0 Å². The first-order chi connectivity index (χ1) is 7.31. The van der Waals surface area contributed by atoms with Gasteiger partial charge < -0.3 is 0 Å². The Morgan fingerprint density at radius 1 is 1.20 bits per heavy atom. The van der Waals surface area contributed by atoms with Crippen molar-refractivity contribution >= 4 is 22.0 Å². The zero-order valence-electron chi connectivity index (χ0n) is 8.02. The molecule has 0 saturated carbocycles. The first kappa shape index (κ1) is 10.1. The van der Waals surface area contributed by atoms with Crippen molar-refractivity contribution < 1.29 is 0 Å². The number of rotatable bonds is 2. The molecule has 0 spiro atoms. The summed E-state index contributed by atoms with van der Waals surface area (Å²) in [6.45, 7) is 3.66. The molecular formula is C12H9BrN2. The van der Waals surface area contributed by atoms with Gasteiger partial charge in [0, 0.05) is 11.8 Å². The minimum Gasteiger partial charge on any atom is -0.236 e. The summed E-state index contributed by atoms with van der Waals surface area (Å²) in [7, 11) is 0. The van der Waals surface area contributed by atoms with Crippen molar-refractivity contribution in [2.45, 2.75) is 0 Å². The first-order valence-electron chi connectivity index (χ1n) is 4.51. The molecule has 3 heteroatoms. The van der Waals surface area contributed by atoms with Crippen molar-refractivity contribution in [2.24, 2.45) is 0 Å². The maximum Gasteiger partial charge on any atom is 0.151 e. The van der Waals surface area contributed by atoms with E-state index < -0.39 is 0 Å². The standard InChI is InChI=1S/C12H9BrN2/c1-2-11-14-8-10(13)12(15-11)9-6-4-3-5-7-9/h2-8H,1H2. The Morgan fingerprint density at radius 3 is 2.60 bits per heavy atom. The van der Waals surface area contributed by atoms with Crippen molar-refractivity contribution in [2.75, 3.05) is 0 Å². The molecule has 0 bridgehead atoms. The van der Waals surface area contributed by atoms with E-state index in [-0.39, 0.29) is 0 Å². The number of halogens is 1. The summed E-state index contributed by atoms with van der Waals surface area (Å²) >= 11 is 3.44. The van der Waals surface area contributed by atoms with Gasteiger partial charge in [-0.15, -0.1) is 0 Å². The molecule has 2 rings (SSSR count). The van der Waals surface area contributed by atoms with E-state index in [1.54, 1.807) is 12.3 Å². The van der Waals surface area contributed by atoms with E-state index in [4.69, 9.17) is 0 Å². The topological polar surface area (TPSA) is 25.8 Å². The Labute approximate surface area is 96.8 Å². The molecule has 0 saturated heterocycles. The molecule has 2 aromatic rings. The lowest BCUT2D eigenvalue weighted by atomic mass is 10.1. The highest BCUT2D eigenvalue weighted by atomic mass is 79.9. The van der Waals surface area contributed by atoms with Crippen LogP contribution in [0.25, 0.3) is 17.3 Å². The minimum atomic E-state index is 0.636. The second-order valence-electron chi connectivity index (χ2n) is 2.99. The van der Waals surface area contributed by atoms with Gasteiger partial charge >= 0.3 is 0 Å². The third-order valence-electron chi connectivity index (χ3n) is 1.99. The summed E-state index contributed by atoms with van der Waals surface area (Å²) < 4.78 is 0.888. The molecule has 0 radical (unpaired) electrons. The summed E-state index contributed by atoms with van der Waals surface area (Å²) in [6.07, 6.45) is 3.38. The van der Waals surface area contributed by atoms with Crippen molar-refractivity contribution in [1.82, 2.24) is 9.97 Å². The monoisotopic (exact) mass is 260 g/mol. The van der Waals surface area contributed by atoms with Crippen LogP contribution < -0.4 is 0 Å². The number of nitrogens with zero attached hydrogens (tertiary/aromatic N) is 2. The SMILES string of the molecule is C=Cc1ncc(Br)c(-c2ccccc2)n1. The first-order valence-corrected chi connectivity index (χ1v) is 5.31. The zero-order chi connectivity index (χ0) is 10.7. The fourth-order valence-electron chi connectivity index (χ4n) is 1.28. The Kier molecular flexibility index (Phi) is 2.92. The fourth-order valence-corrected chi connectivity index (χ4v) is 1.70. The molecule has 0 atom stereocenters. The molecule has 1 heterocycles. The van der Waals surface area contributed by atoms with E-state index in [9.17, 15) is 0 Å². The van der Waals surface area contributed by atoms with E-state index in [0.717, 1.165) is 15.7 Å². The van der Waals surface area contributed by atoms with Crippen LogP contribution in [-0.4, -0.2) is 9.97 Å². The van der Waals surface area contributed by atoms with Crippen molar-refractivity contribution in [3.63, 3.8) is 0 Å². The average molecular weight is 261 g/mol. The van der Waals surface area contributed by atoms with Crippen LogP contribution in [0.1, 0.15) is 5.82 Å². The number of aromatic nitrogens is 2. The van der Waals surface area contributed by atoms with E-state index in [2.05, 4.69) is 32.5 Å². The Morgan fingerprint density at radius 2 is 1.93 bits per heavy atom. The lowest BCUT2D eigenvalue weighted by Gasteiger charge is -2.03. The molecule has 0 aliphatic heterocycles. The van der Waals surface area contributed by atoms with Crippen molar-refractivity contribution in [1.29, 1.82) is 0 Å². The second-order valence-corrected chi connectivity index (χ2v) is 3.85. The highest BCUT2D eigenvalue weighted by Gasteiger charge is 2.05. The largest absolute Gasteiger partial charge is 0.236 e. The van der Waals surface area contributed by atoms with Crippen LogP contribution in [0.15, 0.2) is 47.6 Å². The average Bonchev–Trinajstić information content (AvgIpc) is 2.31. The molecule has 0 amide bonds. The molecule has 1 aromatic carbocycles. The van der Waals surface area contributed by atoms with Gasteiger partial charge in [-0.3, -0.25) is 0 Å². The quantitative estimate of drug-likeness (QED) is 0.826. The highest BCUT2D eigenvalue weighted by Crippen LogP contribution is 2.25. The number of benzene rings is 1. The lowest BCUT2D eigenvalue weighted by Crippen LogP contribution is -1.91.